The molecule has 0 aliphatic heterocycles. The van der Waals surface area contributed by atoms with Crippen LogP contribution in [0.25, 0.3) is 0 Å². The molecule has 2 heterocycles. The van der Waals surface area contributed by atoms with Gasteiger partial charge in [-0.05, 0) is 0 Å². The van der Waals surface area contributed by atoms with Crippen molar-refractivity contribution in [3.8, 4) is 0 Å². The first-order chi connectivity index (χ1) is 7.89. The fourth-order valence-corrected chi connectivity index (χ4v) is 1.79. The van der Waals surface area contributed by atoms with Gasteiger partial charge in [0.1, 0.15) is 12.9 Å². The van der Waals surface area contributed by atoms with Gasteiger partial charge in [-0.25, -0.2) is 4.68 Å². The number of anilines is 1. The highest BCUT2D eigenvalue weighted by Crippen LogP contribution is 2.26. The van der Waals surface area contributed by atoms with E-state index in [2.05, 4.69) is 41.3 Å². The summed E-state index contributed by atoms with van der Waals surface area (Å²) >= 11 is 0. The maximum absolute atomic E-state index is 5.86. The van der Waals surface area contributed by atoms with Crippen LogP contribution in [0.4, 0.5) is 5.82 Å². The molecule has 0 saturated carbocycles. The Morgan fingerprint density at radius 1 is 1.29 bits per heavy atom. The molecule has 7 heteroatoms. The van der Waals surface area contributed by atoms with Crippen LogP contribution in [0.3, 0.4) is 0 Å². The Balaban J connectivity index is 2.38. The molecule has 0 aliphatic rings. The summed E-state index contributed by atoms with van der Waals surface area (Å²) in [6.07, 6.45) is 1.66. The number of nitrogens with two attached hydrogens (primary N) is 1. The van der Waals surface area contributed by atoms with Crippen LogP contribution in [0.1, 0.15) is 32.3 Å². The Labute approximate surface area is 99.6 Å². The van der Waals surface area contributed by atoms with Gasteiger partial charge in [-0.1, -0.05) is 26.0 Å². The molecule has 0 radical (unpaired) electrons. The minimum Gasteiger partial charge on any atom is -0.381 e. The fraction of sp³-hybridized carbons (Fsp3) is 0.600. The first-order valence-corrected chi connectivity index (χ1v) is 5.42. The van der Waals surface area contributed by atoms with Crippen molar-refractivity contribution in [2.24, 2.45) is 7.05 Å². The van der Waals surface area contributed by atoms with Crippen LogP contribution in [0.15, 0.2) is 6.33 Å². The van der Waals surface area contributed by atoms with E-state index >= 15 is 0 Å². The van der Waals surface area contributed by atoms with Crippen LogP contribution in [-0.2, 0) is 19.0 Å². The summed E-state index contributed by atoms with van der Waals surface area (Å²) < 4.78 is 3.63. The molecule has 2 aromatic rings. The Kier molecular flexibility index (Phi) is 2.60. The van der Waals surface area contributed by atoms with Crippen LogP contribution >= 0.6 is 0 Å². The van der Waals surface area contributed by atoms with Gasteiger partial charge in [0.2, 0.25) is 0 Å². The summed E-state index contributed by atoms with van der Waals surface area (Å²) in [5.74, 6) is 1.29. The second kappa shape index (κ2) is 3.83. The molecular weight excluding hydrogens is 218 g/mol. The lowest BCUT2D eigenvalue weighted by Crippen LogP contribution is -2.21. The second-order valence-corrected chi connectivity index (χ2v) is 5.09. The van der Waals surface area contributed by atoms with Gasteiger partial charge in [-0.15, -0.1) is 15.3 Å². The normalized spacial score (nSPS) is 12.0. The highest BCUT2D eigenvalue weighted by molar-refractivity contribution is 5.38. The number of hydrogen-bond donors (Lipinski definition) is 1. The molecule has 0 atom stereocenters. The summed E-state index contributed by atoms with van der Waals surface area (Å²) in [5.41, 5.74) is 6.67. The Bertz CT molecular complexity index is 517. The molecule has 0 amide bonds. The van der Waals surface area contributed by atoms with Crippen LogP contribution in [0.5, 0.6) is 0 Å². The molecule has 0 bridgehead atoms. The maximum Gasteiger partial charge on any atom is 0.169 e. The molecular formula is C10H17N7. The van der Waals surface area contributed by atoms with E-state index in [0.717, 1.165) is 11.5 Å². The van der Waals surface area contributed by atoms with E-state index in [4.69, 9.17) is 5.73 Å². The Morgan fingerprint density at radius 3 is 2.53 bits per heavy atom. The molecule has 7 nitrogen and oxygen atoms in total. The molecule has 0 aromatic carbocycles. The van der Waals surface area contributed by atoms with E-state index in [1.54, 1.807) is 11.0 Å². The summed E-state index contributed by atoms with van der Waals surface area (Å²) in [5, 5.41) is 15.8. The molecule has 2 rings (SSSR count). The van der Waals surface area contributed by atoms with Crippen molar-refractivity contribution in [2.75, 3.05) is 5.73 Å². The average molecular weight is 235 g/mol. The largest absolute Gasteiger partial charge is 0.381 e. The molecule has 0 spiro atoms. The van der Waals surface area contributed by atoms with Gasteiger partial charge in [-0.2, -0.15) is 0 Å². The van der Waals surface area contributed by atoms with Gasteiger partial charge in [0.15, 0.2) is 11.6 Å². The topological polar surface area (TPSA) is 87.4 Å². The van der Waals surface area contributed by atoms with Crippen LogP contribution in [0, 0.1) is 0 Å². The average Bonchev–Trinajstić information content (AvgIpc) is 2.74. The summed E-state index contributed by atoms with van der Waals surface area (Å²) in [6, 6.07) is 0. The minimum atomic E-state index is -0.105. The van der Waals surface area contributed by atoms with Gasteiger partial charge in [0.25, 0.3) is 0 Å². The zero-order chi connectivity index (χ0) is 12.6. The molecule has 2 aromatic heterocycles. The number of nitrogen functional groups attached to an aromatic ring is 1. The third-order valence-corrected chi connectivity index (χ3v) is 2.57. The number of nitrogens with zero attached hydrogens (tertiary/aromatic N) is 6. The van der Waals surface area contributed by atoms with Gasteiger partial charge in [0, 0.05) is 12.5 Å². The molecule has 0 unspecified atom stereocenters. The minimum absolute atomic E-state index is 0.105. The fourth-order valence-electron chi connectivity index (χ4n) is 1.79. The van der Waals surface area contributed by atoms with Crippen molar-refractivity contribution >= 4 is 5.82 Å². The Hall–Kier alpha value is -1.92. The number of rotatable bonds is 2. The number of aryl methyl sites for hydroxylation is 1. The van der Waals surface area contributed by atoms with Crippen LogP contribution in [-0.4, -0.2) is 29.8 Å². The zero-order valence-electron chi connectivity index (χ0n) is 10.5. The maximum atomic E-state index is 5.86. The molecule has 2 N–H and O–H groups in total. The lowest BCUT2D eigenvalue weighted by Gasteiger charge is -2.19. The molecule has 0 fully saturated rings. The summed E-state index contributed by atoms with van der Waals surface area (Å²) in [4.78, 5) is 0. The standard InChI is InChI=1S/C10H17N7/c1-10(2,3)8-9(11)14-15-17(8)5-7-13-12-6-16(7)4/h6H,5,11H2,1-4H3. The molecule has 17 heavy (non-hydrogen) atoms. The van der Waals surface area contributed by atoms with E-state index < -0.39 is 0 Å². The second-order valence-electron chi connectivity index (χ2n) is 5.09. The van der Waals surface area contributed by atoms with Crippen molar-refractivity contribution in [1.29, 1.82) is 0 Å². The summed E-state index contributed by atoms with van der Waals surface area (Å²) in [6.45, 7) is 6.76. The monoisotopic (exact) mass is 235 g/mol. The van der Waals surface area contributed by atoms with E-state index in [1.807, 2.05) is 11.6 Å². The Morgan fingerprint density at radius 2 is 2.00 bits per heavy atom. The zero-order valence-corrected chi connectivity index (χ0v) is 10.5. The van der Waals surface area contributed by atoms with Crippen molar-refractivity contribution in [3.05, 3.63) is 17.8 Å². The van der Waals surface area contributed by atoms with Crippen molar-refractivity contribution in [2.45, 2.75) is 32.7 Å². The third kappa shape index (κ3) is 2.13. The quantitative estimate of drug-likeness (QED) is 0.810. The molecule has 0 aliphatic carbocycles. The molecule has 92 valence electrons. The lowest BCUT2D eigenvalue weighted by molar-refractivity contribution is 0.491. The van der Waals surface area contributed by atoms with Crippen LogP contribution < -0.4 is 5.73 Å². The van der Waals surface area contributed by atoms with Gasteiger partial charge >= 0.3 is 0 Å². The lowest BCUT2D eigenvalue weighted by atomic mass is 9.92. The van der Waals surface area contributed by atoms with E-state index in [0.29, 0.717) is 12.4 Å². The smallest absolute Gasteiger partial charge is 0.169 e. The number of hydrogen-bond acceptors (Lipinski definition) is 5. The SMILES string of the molecule is Cn1cnnc1Cn1nnc(N)c1C(C)(C)C. The van der Waals surface area contributed by atoms with E-state index in [-0.39, 0.29) is 5.41 Å². The third-order valence-electron chi connectivity index (χ3n) is 2.57. The van der Waals surface area contributed by atoms with Crippen molar-refractivity contribution in [3.63, 3.8) is 0 Å². The van der Waals surface area contributed by atoms with Crippen molar-refractivity contribution < 1.29 is 0 Å². The first kappa shape index (κ1) is 11.6. The first-order valence-electron chi connectivity index (χ1n) is 5.42. The van der Waals surface area contributed by atoms with Crippen molar-refractivity contribution in [1.82, 2.24) is 29.8 Å². The predicted molar refractivity (Wildman–Crippen MR) is 63.2 cm³/mol. The van der Waals surface area contributed by atoms with E-state index in [9.17, 15) is 0 Å². The van der Waals surface area contributed by atoms with Gasteiger partial charge in [-0.3, -0.25) is 0 Å². The van der Waals surface area contributed by atoms with Crippen LogP contribution in [0.2, 0.25) is 0 Å². The van der Waals surface area contributed by atoms with E-state index in [1.165, 1.54) is 0 Å². The van der Waals surface area contributed by atoms with Gasteiger partial charge < -0.3 is 10.3 Å². The van der Waals surface area contributed by atoms with Gasteiger partial charge in [0.05, 0.1) is 5.69 Å². The predicted octanol–water partition coefficient (Wildman–Crippen LogP) is 0.335. The summed E-state index contributed by atoms with van der Waals surface area (Å²) in [7, 11) is 1.90. The number of aromatic nitrogens is 6. The highest BCUT2D eigenvalue weighted by Gasteiger charge is 2.24. The molecule has 0 saturated heterocycles. The highest BCUT2D eigenvalue weighted by atomic mass is 15.5.